The van der Waals surface area contributed by atoms with Crippen LogP contribution < -0.4 is 5.73 Å². The minimum atomic E-state index is 0.187. The second kappa shape index (κ2) is 7.54. The SMILES string of the molecule is Cc1ccc(C(CN)N(C)Cc2ccccc2Br)c(Br)c1. The number of likely N-dealkylation sites (N-methyl/N-ethyl adjacent to an activating group) is 1. The van der Waals surface area contributed by atoms with E-state index < -0.39 is 0 Å². The number of hydrogen-bond acceptors (Lipinski definition) is 2. The molecule has 0 amide bonds. The maximum absolute atomic E-state index is 6.03. The Bertz CT molecular complexity index is 613. The van der Waals surface area contributed by atoms with Gasteiger partial charge >= 0.3 is 0 Å². The lowest BCUT2D eigenvalue weighted by atomic mass is 10.0. The molecule has 0 spiro atoms. The molecule has 1 atom stereocenters. The van der Waals surface area contributed by atoms with Gasteiger partial charge in [-0.3, -0.25) is 4.90 Å². The van der Waals surface area contributed by atoms with Crippen molar-refractivity contribution in [1.82, 2.24) is 4.90 Å². The molecule has 0 heterocycles. The molecule has 0 fully saturated rings. The molecule has 2 aromatic carbocycles. The van der Waals surface area contributed by atoms with Crippen LogP contribution in [0.1, 0.15) is 22.7 Å². The topological polar surface area (TPSA) is 29.3 Å². The van der Waals surface area contributed by atoms with Crippen LogP contribution in [0.4, 0.5) is 0 Å². The zero-order valence-electron chi connectivity index (χ0n) is 12.3. The molecular formula is C17H20Br2N2. The summed E-state index contributed by atoms with van der Waals surface area (Å²) in [5.74, 6) is 0. The maximum atomic E-state index is 6.03. The van der Waals surface area contributed by atoms with Crippen molar-refractivity contribution in [3.8, 4) is 0 Å². The Kier molecular flexibility index (Phi) is 5.99. The Balaban J connectivity index is 2.22. The third-order valence-corrected chi connectivity index (χ3v) is 5.11. The second-order valence-corrected chi connectivity index (χ2v) is 6.99. The summed E-state index contributed by atoms with van der Waals surface area (Å²) in [4.78, 5) is 2.29. The highest BCUT2D eigenvalue weighted by molar-refractivity contribution is 9.10. The van der Waals surface area contributed by atoms with E-state index in [0.29, 0.717) is 6.54 Å². The first-order chi connectivity index (χ1) is 10.0. The molecule has 4 heteroatoms. The monoisotopic (exact) mass is 410 g/mol. The normalized spacial score (nSPS) is 12.7. The highest BCUT2D eigenvalue weighted by atomic mass is 79.9. The number of hydrogen-bond donors (Lipinski definition) is 1. The molecule has 0 bridgehead atoms. The Morgan fingerprint density at radius 3 is 2.43 bits per heavy atom. The van der Waals surface area contributed by atoms with E-state index >= 15 is 0 Å². The van der Waals surface area contributed by atoms with Crippen LogP contribution in [0.5, 0.6) is 0 Å². The average Bonchev–Trinajstić information content (AvgIpc) is 2.44. The van der Waals surface area contributed by atoms with E-state index in [1.807, 2.05) is 6.07 Å². The molecule has 2 aromatic rings. The van der Waals surface area contributed by atoms with Crippen molar-refractivity contribution in [2.75, 3.05) is 13.6 Å². The summed E-state index contributed by atoms with van der Waals surface area (Å²) in [6.45, 7) is 3.53. The number of aryl methyl sites for hydroxylation is 1. The van der Waals surface area contributed by atoms with Gasteiger partial charge < -0.3 is 5.73 Å². The fourth-order valence-corrected chi connectivity index (χ4v) is 3.62. The average molecular weight is 412 g/mol. The fourth-order valence-electron chi connectivity index (χ4n) is 2.45. The molecule has 2 nitrogen and oxygen atoms in total. The summed E-state index contributed by atoms with van der Waals surface area (Å²) in [6, 6.07) is 14.9. The lowest BCUT2D eigenvalue weighted by Gasteiger charge is -2.28. The van der Waals surface area contributed by atoms with Gasteiger partial charge in [-0.2, -0.15) is 0 Å². The summed E-state index contributed by atoms with van der Waals surface area (Å²) in [5, 5.41) is 0. The molecular weight excluding hydrogens is 392 g/mol. The summed E-state index contributed by atoms with van der Waals surface area (Å²) >= 11 is 7.27. The molecule has 0 radical (unpaired) electrons. The Morgan fingerprint density at radius 2 is 1.81 bits per heavy atom. The van der Waals surface area contributed by atoms with Gasteiger partial charge in [-0.05, 0) is 42.8 Å². The van der Waals surface area contributed by atoms with Crippen LogP contribution in [0.15, 0.2) is 51.4 Å². The highest BCUT2D eigenvalue weighted by Crippen LogP contribution is 2.29. The van der Waals surface area contributed by atoms with Gasteiger partial charge in [-0.25, -0.2) is 0 Å². The summed E-state index contributed by atoms with van der Waals surface area (Å²) in [6.07, 6.45) is 0. The highest BCUT2D eigenvalue weighted by Gasteiger charge is 2.18. The number of nitrogens with two attached hydrogens (primary N) is 1. The molecule has 1 unspecified atom stereocenters. The summed E-state index contributed by atoms with van der Waals surface area (Å²) in [7, 11) is 2.11. The largest absolute Gasteiger partial charge is 0.329 e. The van der Waals surface area contributed by atoms with Gasteiger partial charge in [0.1, 0.15) is 0 Å². The second-order valence-electron chi connectivity index (χ2n) is 5.28. The Morgan fingerprint density at radius 1 is 1.10 bits per heavy atom. The van der Waals surface area contributed by atoms with Gasteiger partial charge in [0.05, 0.1) is 0 Å². The predicted molar refractivity (Wildman–Crippen MR) is 96.3 cm³/mol. The van der Waals surface area contributed by atoms with Crippen LogP contribution >= 0.6 is 31.9 Å². The zero-order chi connectivity index (χ0) is 15.4. The van der Waals surface area contributed by atoms with E-state index in [9.17, 15) is 0 Å². The molecule has 0 aliphatic carbocycles. The van der Waals surface area contributed by atoms with Crippen molar-refractivity contribution in [3.05, 3.63) is 68.1 Å². The van der Waals surface area contributed by atoms with Gasteiger partial charge in [-0.15, -0.1) is 0 Å². The number of halogens is 2. The van der Waals surface area contributed by atoms with Gasteiger partial charge in [-0.1, -0.05) is 62.2 Å². The van der Waals surface area contributed by atoms with Crippen LogP contribution in [0.2, 0.25) is 0 Å². The Labute approximate surface area is 143 Å². The van der Waals surface area contributed by atoms with Crippen LogP contribution in [0.3, 0.4) is 0 Å². The summed E-state index contributed by atoms with van der Waals surface area (Å²) in [5.41, 5.74) is 9.77. The molecule has 0 saturated carbocycles. The van der Waals surface area contributed by atoms with Crippen LogP contribution in [-0.2, 0) is 6.54 Å². The van der Waals surface area contributed by atoms with E-state index in [-0.39, 0.29) is 6.04 Å². The van der Waals surface area contributed by atoms with E-state index in [1.54, 1.807) is 0 Å². The van der Waals surface area contributed by atoms with E-state index in [0.717, 1.165) is 15.5 Å². The molecule has 112 valence electrons. The number of benzene rings is 2. The lowest BCUT2D eigenvalue weighted by Crippen LogP contribution is -2.30. The van der Waals surface area contributed by atoms with E-state index in [4.69, 9.17) is 5.73 Å². The smallest absolute Gasteiger partial charge is 0.0482 e. The molecule has 0 aliphatic heterocycles. The van der Waals surface area contributed by atoms with Crippen molar-refractivity contribution >= 4 is 31.9 Å². The van der Waals surface area contributed by atoms with Crippen molar-refractivity contribution in [2.45, 2.75) is 19.5 Å². The van der Waals surface area contributed by atoms with Gasteiger partial charge in [0.15, 0.2) is 0 Å². The minimum absolute atomic E-state index is 0.187. The molecule has 2 rings (SSSR count). The van der Waals surface area contributed by atoms with Crippen LogP contribution in [0.25, 0.3) is 0 Å². The number of nitrogens with zero attached hydrogens (tertiary/aromatic N) is 1. The zero-order valence-corrected chi connectivity index (χ0v) is 15.5. The first-order valence-electron chi connectivity index (χ1n) is 6.92. The first kappa shape index (κ1) is 16.7. The quantitative estimate of drug-likeness (QED) is 0.775. The molecule has 21 heavy (non-hydrogen) atoms. The van der Waals surface area contributed by atoms with Crippen molar-refractivity contribution in [2.24, 2.45) is 5.73 Å². The van der Waals surface area contributed by atoms with Crippen molar-refractivity contribution in [1.29, 1.82) is 0 Å². The van der Waals surface area contributed by atoms with Crippen molar-refractivity contribution < 1.29 is 0 Å². The van der Waals surface area contributed by atoms with Gasteiger partial charge in [0.25, 0.3) is 0 Å². The van der Waals surface area contributed by atoms with E-state index in [2.05, 4.69) is 87.1 Å². The van der Waals surface area contributed by atoms with Gasteiger partial charge in [0, 0.05) is 28.1 Å². The molecule has 0 saturated heterocycles. The van der Waals surface area contributed by atoms with Gasteiger partial charge in [0.2, 0.25) is 0 Å². The third kappa shape index (κ3) is 4.16. The fraction of sp³-hybridized carbons (Fsp3) is 0.294. The predicted octanol–water partition coefficient (Wildman–Crippen LogP) is 4.65. The standard InChI is InChI=1S/C17H20Br2N2/c1-12-7-8-14(16(19)9-12)17(10-20)21(2)11-13-5-3-4-6-15(13)18/h3-9,17H,10-11,20H2,1-2H3. The Hall–Kier alpha value is -0.680. The maximum Gasteiger partial charge on any atom is 0.0482 e. The van der Waals surface area contributed by atoms with Crippen LogP contribution in [0, 0.1) is 6.92 Å². The van der Waals surface area contributed by atoms with E-state index in [1.165, 1.54) is 16.7 Å². The molecule has 2 N–H and O–H groups in total. The lowest BCUT2D eigenvalue weighted by molar-refractivity contribution is 0.240. The van der Waals surface area contributed by atoms with Crippen molar-refractivity contribution in [3.63, 3.8) is 0 Å². The third-order valence-electron chi connectivity index (χ3n) is 3.65. The molecule has 0 aromatic heterocycles. The minimum Gasteiger partial charge on any atom is -0.329 e. The van der Waals surface area contributed by atoms with Crippen LogP contribution in [-0.4, -0.2) is 18.5 Å². The summed E-state index contributed by atoms with van der Waals surface area (Å²) < 4.78 is 2.26. The first-order valence-corrected chi connectivity index (χ1v) is 8.51. The number of rotatable bonds is 5. The molecule has 0 aliphatic rings.